The van der Waals surface area contributed by atoms with E-state index < -0.39 is 17.7 Å². The molecule has 5 heteroatoms. The smallest absolute Gasteiger partial charge is 0.195 e. The molecule has 2 rings (SSSR count). The van der Waals surface area contributed by atoms with Gasteiger partial charge >= 0.3 is 0 Å². The van der Waals surface area contributed by atoms with E-state index in [-0.39, 0.29) is 5.56 Å². The molecule has 0 spiro atoms. The molecular formula is C16H11FN4. The predicted octanol–water partition coefficient (Wildman–Crippen LogP) is 3.55. The van der Waals surface area contributed by atoms with Crippen molar-refractivity contribution in [1.82, 2.24) is 0 Å². The van der Waals surface area contributed by atoms with Gasteiger partial charge in [0, 0.05) is 17.3 Å². The van der Waals surface area contributed by atoms with Crippen LogP contribution in [0.15, 0.2) is 34.6 Å². The van der Waals surface area contributed by atoms with Crippen LogP contribution in [-0.2, 0) is 0 Å². The molecule has 1 aromatic rings. The summed E-state index contributed by atoms with van der Waals surface area (Å²) >= 11 is 0. The molecule has 0 N–H and O–H groups in total. The Kier molecular flexibility index (Phi) is 3.83. The molecule has 1 aliphatic rings. The first-order valence-electron chi connectivity index (χ1n) is 6.26. The Hall–Kier alpha value is -2.97. The summed E-state index contributed by atoms with van der Waals surface area (Å²) in [6.45, 7) is 10.8. The largest absolute Gasteiger partial charge is 0.273 e. The van der Waals surface area contributed by atoms with Crippen LogP contribution in [-0.4, -0.2) is 5.71 Å². The van der Waals surface area contributed by atoms with Gasteiger partial charge in [0.1, 0.15) is 11.9 Å². The Balaban J connectivity index is 2.66. The highest BCUT2D eigenvalue weighted by molar-refractivity contribution is 5.90. The lowest BCUT2D eigenvalue weighted by Gasteiger charge is -2.26. The van der Waals surface area contributed by atoms with Crippen molar-refractivity contribution in [2.45, 2.75) is 19.8 Å². The summed E-state index contributed by atoms with van der Waals surface area (Å²) in [6, 6.07) is 8.05. The Morgan fingerprint density at radius 1 is 1.33 bits per heavy atom. The van der Waals surface area contributed by atoms with Gasteiger partial charge in [-0.3, -0.25) is 4.99 Å². The molecule has 1 aromatic carbocycles. The van der Waals surface area contributed by atoms with E-state index in [0.29, 0.717) is 22.7 Å². The van der Waals surface area contributed by atoms with Crippen LogP contribution < -0.4 is 0 Å². The molecule has 2 atom stereocenters. The number of nitriles is 2. The monoisotopic (exact) mass is 278 g/mol. The maximum Gasteiger partial charge on any atom is 0.195 e. The lowest BCUT2D eigenvalue weighted by Crippen LogP contribution is -2.24. The van der Waals surface area contributed by atoms with Gasteiger partial charge in [0.15, 0.2) is 5.70 Å². The lowest BCUT2D eigenvalue weighted by atomic mass is 9.79. The number of nitrogens with zero attached hydrogens (tertiary/aromatic N) is 4. The van der Waals surface area contributed by atoms with Crippen LogP contribution in [0.2, 0.25) is 0 Å². The van der Waals surface area contributed by atoms with E-state index in [9.17, 15) is 9.65 Å². The Bertz CT molecular complexity index is 784. The van der Waals surface area contributed by atoms with Crippen LogP contribution in [0.1, 0.15) is 30.9 Å². The normalized spacial score (nSPS) is 21.0. The first kappa shape index (κ1) is 14.4. The predicted molar refractivity (Wildman–Crippen MR) is 75.4 cm³/mol. The molecule has 0 saturated carbocycles. The first-order chi connectivity index (χ1) is 10.0. The van der Waals surface area contributed by atoms with Crippen LogP contribution >= 0.6 is 0 Å². The minimum Gasteiger partial charge on any atom is -0.273 e. The highest BCUT2D eigenvalue weighted by Gasteiger charge is 2.34. The average molecular weight is 278 g/mol. The van der Waals surface area contributed by atoms with Crippen LogP contribution in [0.25, 0.3) is 4.85 Å². The fourth-order valence-electron chi connectivity index (χ4n) is 2.51. The maximum atomic E-state index is 13.5. The molecule has 1 heterocycles. The first-order valence-corrected chi connectivity index (χ1v) is 6.26. The van der Waals surface area contributed by atoms with Crippen molar-refractivity contribution in [2.75, 3.05) is 0 Å². The molecule has 0 radical (unpaired) electrons. The van der Waals surface area contributed by atoms with E-state index in [0.717, 1.165) is 0 Å². The summed E-state index contributed by atoms with van der Waals surface area (Å²) in [5.74, 6) is -1.71. The number of rotatable bonds is 1. The van der Waals surface area contributed by atoms with E-state index in [1.807, 2.05) is 0 Å². The van der Waals surface area contributed by atoms with E-state index in [2.05, 4.69) is 15.9 Å². The second kappa shape index (κ2) is 5.57. The Morgan fingerprint density at radius 3 is 2.62 bits per heavy atom. The van der Waals surface area contributed by atoms with Gasteiger partial charge in [-0.2, -0.15) is 10.5 Å². The van der Waals surface area contributed by atoms with Crippen molar-refractivity contribution < 1.29 is 4.39 Å². The Morgan fingerprint density at radius 2 is 2.05 bits per heavy atom. The molecule has 102 valence electrons. The summed E-state index contributed by atoms with van der Waals surface area (Å²) in [4.78, 5) is 7.74. The number of allylic oxidation sites excluding steroid dienone is 2. The minimum absolute atomic E-state index is 0.0914. The average Bonchev–Trinajstić information content (AvgIpc) is 2.47. The quantitative estimate of drug-likeness (QED) is 0.737. The number of aliphatic imine (C=N–C) groups is 1. The maximum absolute atomic E-state index is 13.5. The molecule has 0 aliphatic carbocycles. The zero-order valence-corrected chi connectivity index (χ0v) is 11.6. The lowest BCUT2D eigenvalue weighted by molar-refractivity contribution is 0.620. The van der Waals surface area contributed by atoms with Gasteiger partial charge in [-0.1, -0.05) is 6.07 Å². The molecule has 1 aliphatic heterocycles. The van der Waals surface area contributed by atoms with Crippen LogP contribution in [0.3, 0.4) is 0 Å². The summed E-state index contributed by atoms with van der Waals surface area (Å²) in [6.07, 6.45) is 0. The van der Waals surface area contributed by atoms with Crippen LogP contribution in [0.4, 0.5) is 4.39 Å². The van der Waals surface area contributed by atoms with Gasteiger partial charge < -0.3 is 0 Å². The topological polar surface area (TPSA) is 64.3 Å². The zero-order valence-electron chi connectivity index (χ0n) is 11.6. The Labute approximate surface area is 122 Å². The van der Waals surface area contributed by atoms with Crippen molar-refractivity contribution in [3.05, 3.63) is 58.0 Å². The summed E-state index contributed by atoms with van der Waals surface area (Å²) in [7, 11) is 0. The second-order valence-corrected chi connectivity index (χ2v) is 4.77. The highest BCUT2D eigenvalue weighted by Crippen LogP contribution is 2.39. The zero-order chi connectivity index (χ0) is 15.6. The van der Waals surface area contributed by atoms with Crippen LogP contribution in [0, 0.1) is 41.0 Å². The molecule has 21 heavy (non-hydrogen) atoms. The van der Waals surface area contributed by atoms with E-state index in [4.69, 9.17) is 11.8 Å². The number of hydrogen-bond donors (Lipinski definition) is 0. The summed E-state index contributed by atoms with van der Waals surface area (Å²) in [5.41, 5.74) is 2.03. The van der Waals surface area contributed by atoms with Gasteiger partial charge in [-0.15, -0.1) is 0 Å². The van der Waals surface area contributed by atoms with Gasteiger partial charge in [0.25, 0.3) is 0 Å². The van der Waals surface area contributed by atoms with Gasteiger partial charge in [0.05, 0.1) is 24.1 Å². The third-order valence-electron chi connectivity index (χ3n) is 3.52. The molecule has 0 aromatic heterocycles. The van der Waals surface area contributed by atoms with Crippen LogP contribution in [0.5, 0.6) is 0 Å². The SMILES string of the molecule is [C-]#[N+]C1=C(C)N=C(C)C(C#N)C1c1ccc(F)c(C#N)c1. The van der Waals surface area contributed by atoms with Crippen molar-refractivity contribution in [3.8, 4) is 12.1 Å². The molecule has 2 unspecified atom stereocenters. The van der Waals surface area contributed by atoms with Crippen molar-refractivity contribution >= 4 is 5.71 Å². The number of benzene rings is 1. The molecule has 0 bridgehead atoms. The summed E-state index contributed by atoms with van der Waals surface area (Å²) in [5, 5.41) is 18.3. The van der Waals surface area contributed by atoms with Crippen molar-refractivity contribution in [2.24, 2.45) is 10.9 Å². The molecule has 4 nitrogen and oxygen atoms in total. The van der Waals surface area contributed by atoms with E-state index in [1.165, 1.54) is 18.2 Å². The second-order valence-electron chi connectivity index (χ2n) is 4.77. The fourth-order valence-corrected chi connectivity index (χ4v) is 2.51. The number of halogens is 1. The van der Waals surface area contributed by atoms with Gasteiger partial charge in [-0.25, -0.2) is 9.24 Å². The van der Waals surface area contributed by atoms with Gasteiger partial charge in [0.2, 0.25) is 0 Å². The van der Waals surface area contributed by atoms with Crippen molar-refractivity contribution in [1.29, 1.82) is 10.5 Å². The molecule has 0 amide bonds. The standard InChI is InChI=1S/C16H11FN4/c1-9-13(8-19)15(16(20-3)10(2)21-9)11-4-5-14(17)12(6-11)7-18/h4-6,13,15H,1-2H3. The third-order valence-corrected chi connectivity index (χ3v) is 3.52. The molecule has 0 fully saturated rings. The third kappa shape index (κ3) is 2.40. The van der Waals surface area contributed by atoms with E-state index in [1.54, 1.807) is 19.9 Å². The molecular weight excluding hydrogens is 267 g/mol. The minimum atomic E-state index is -0.610. The van der Waals surface area contributed by atoms with Crippen molar-refractivity contribution in [3.63, 3.8) is 0 Å². The van der Waals surface area contributed by atoms with E-state index >= 15 is 0 Å². The molecule has 0 saturated heterocycles. The fraction of sp³-hybridized carbons (Fsp3) is 0.250. The summed E-state index contributed by atoms with van der Waals surface area (Å²) < 4.78 is 13.5. The highest BCUT2D eigenvalue weighted by atomic mass is 19.1. The van der Waals surface area contributed by atoms with Gasteiger partial charge in [-0.05, 0) is 31.5 Å². The number of hydrogen-bond acceptors (Lipinski definition) is 3.